The molecule has 0 saturated heterocycles. The summed E-state index contributed by atoms with van der Waals surface area (Å²) in [5, 5.41) is 13.0. The van der Waals surface area contributed by atoms with Gasteiger partial charge >= 0.3 is 12.1 Å². The highest BCUT2D eigenvalue weighted by Gasteiger charge is 2.19. The molecule has 0 bridgehead atoms. The number of ether oxygens (including phenoxy) is 1. The Kier molecular flexibility index (Phi) is 8.34. The summed E-state index contributed by atoms with van der Waals surface area (Å²) in [7, 11) is 0. The summed E-state index contributed by atoms with van der Waals surface area (Å²) in [6, 6.07) is -1.07. The third-order valence-corrected chi connectivity index (χ3v) is 2.75. The Bertz CT molecular complexity index is 360. The topological polar surface area (TPSA) is 122 Å². The van der Waals surface area contributed by atoms with E-state index in [0.717, 1.165) is 11.8 Å². The lowest BCUT2D eigenvalue weighted by molar-refractivity contribution is -0.140. The van der Waals surface area contributed by atoms with Crippen LogP contribution in [0.3, 0.4) is 0 Å². The first-order valence-electron chi connectivity index (χ1n) is 5.41. The first-order chi connectivity index (χ1) is 8.86. The molecule has 1 unspecified atom stereocenters. The van der Waals surface area contributed by atoms with E-state index in [4.69, 9.17) is 5.11 Å². The van der Waals surface area contributed by atoms with Crippen molar-refractivity contribution in [3.63, 3.8) is 0 Å². The molecule has 3 N–H and O–H groups in total. The number of thioether (sulfide) groups is 1. The number of hydrogen-bond acceptors (Lipinski definition) is 6. The van der Waals surface area contributed by atoms with Gasteiger partial charge in [0.05, 0.1) is 12.4 Å². The van der Waals surface area contributed by atoms with Crippen molar-refractivity contribution in [1.82, 2.24) is 10.6 Å². The van der Waals surface area contributed by atoms with Crippen molar-refractivity contribution < 1.29 is 29.0 Å². The van der Waals surface area contributed by atoms with Gasteiger partial charge in [-0.05, 0) is 6.92 Å². The Hall–Kier alpha value is -1.77. The van der Waals surface area contributed by atoms with Gasteiger partial charge in [-0.25, -0.2) is 9.59 Å². The van der Waals surface area contributed by atoms with Crippen molar-refractivity contribution >= 4 is 35.6 Å². The summed E-state index contributed by atoms with van der Waals surface area (Å²) in [5.74, 6) is -2.33. The van der Waals surface area contributed by atoms with E-state index in [1.54, 1.807) is 6.92 Å². The maximum atomic E-state index is 11.2. The fraction of sp³-hybridized carbons (Fsp3) is 0.600. The van der Waals surface area contributed by atoms with Gasteiger partial charge in [-0.15, -0.1) is 11.8 Å². The molecule has 0 aliphatic carbocycles. The van der Waals surface area contributed by atoms with Crippen LogP contribution in [0, 0.1) is 0 Å². The molecule has 0 saturated carbocycles. The molecular formula is C10H16N2O6S. The number of carbonyl (C=O) groups is 4. The van der Waals surface area contributed by atoms with Crippen LogP contribution in [-0.2, 0) is 19.1 Å². The predicted octanol–water partition coefficient (Wildman–Crippen LogP) is -0.418. The van der Waals surface area contributed by atoms with Crippen LogP contribution in [0.15, 0.2) is 0 Å². The van der Waals surface area contributed by atoms with E-state index < -0.39 is 29.9 Å². The van der Waals surface area contributed by atoms with E-state index in [1.165, 1.54) is 6.92 Å². The highest BCUT2D eigenvalue weighted by atomic mass is 32.2. The minimum absolute atomic E-state index is 0.0190. The van der Waals surface area contributed by atoms with Gasteiger partial charge in [-0.2, -0.15) is 0 Å². The molecule has 8 nitrogen and oxygen atoms in total. The fourth-order valence-electron chi connectivity index (χ4n) is 1.01. The second-order valence-corrected chi connectivity index (χ2v) is 4.41. The molecule has 0 aliphatic rings. The SMILES string of the molecule is CCOC(=O)NC(=O)CSCC(NC(C)=O)C(=O)O. The molecule has 0 aromatic carbocycles. The fourth-order valence-corrected chi connectivity index (χ4v) is 1.84. The Labute approximate surface area is 114 Å². The van der Waals surface area contributed by atoms with E-state index in [0.29, 0.717) is 0 Å². The zero-order valence-electron chi connectivity index (χ0n) is 10.6. The van der Waals surface area contributed by atoms with Crippen LogP contribution in [-0.4, -0.2) is 53.1 Å². The number of nitrogens with one attached hydrogen (secondary N) is 2. The lowest BCUT2D eigenvalue weighted by atomic mass is 10.3. The van der Waals surface area contributed by atoms with Crippen molar-refractivity contribution in [3.8, 4) is 0 Å². The Morgan fingerprint density at radius 1 is 1.32 bits per heavy atom. The quantitative estimate of drug-likeness (QED) is 0.582. The van der Waals surface area contributed by atoms with Gasteiger partial charge < -0.3 is 15.2 Å². The summed E-state index contributed by atoms with van der Waals surface area (Å²) in [5.41, 5.74) is 0. The molecule has 0 radical (unpaired) electrons. The molecule has 1 atom stereocenters. The summed E-state index contributed by atoms with van der Waals surface area (Å²) < 4.78 is 4.50. The van der Waals surface area contributed by atoms with Gasteiger partial charge in [0.1, 0.15) is 6.04 Å². The summed E-state index contributed by atoms with van der Waals surface area (Å²) in [6.45, 7) is 2.95. The average Bonchev–Trinajstić information content (AvgIpc) is 2.27. The molecule has 0 rings (SSSR count). The standard InChI is InChI=1S/C10H16N2O6S/c1-3-18-10(17)12-8(14)5-19-4-7(9(15)16)11-6(2)13/h7H,3-5H2,1-2H3,(H,11,13)(H,15,16)(H,12,14,17). The lowest BCUT2D eigenvalue weighted by Crippen LogP contribution is -2.42. The second kappa shape index (κ2) is 9.20. The predicted molar refractivity (Wildman–Crippen MR) is 67.7 cm³/mol. The third kappa shape index (κ3) is 8.89. The van der Waals surface area contributed by atoms with Crippen LogP contribution in [0.1, 0.15) is 13.8 Å². The number of imide groups is 1. The van der Waals surface area contributed by atoms with Crippen LogP contribution in [0.5, 0.6) is 0 Å². The van der Waals surface area contributed by atoms with Gasteiger partial charge in [-0.1, -0.05) is 0 Å². The van der Waals surface area contributed by atoms with Crippen molar-refractivity contribution in [1.29, 1.82) is 0 Å². The minimum Gasteiger partial charge on any atom is -0.480 e. The van der Waals surface area contributed by atoms with Gasteiger partial charge in [0.15, 0.2) is 0 Å². The number of hydrogen-bond donors (Lipinski definition) is 3. The second-order valence-electron chi connectivity index (χ2n) is 3.38. The Morgan fingerprint density at radius 3 is 2.42 bits per heavy atom. The molecular weight excluding hydrogens is 276 g/mol. The van der Waals surface area contributed by atoms with Crippen molar-refractivity contribution in [2.24, 2.45) is 0 Å². The van der Waals surface area contributed by atoms with E-state index in [1.807, 2.05) is 5.32 Å². The molecule has 0 aromatic heterocycles. The number of carboxylic acid groups (broad SMARTS) is 1. The number of alkyl carbamates (subject to hydrolysis) is 1. The normalized spacial score (nSPS) is 11.3. The Morgan fingerprint density at radius 2 is 1.95 bits per heavy atom. The highest BCUT2D eigenvalue weighted by molar-refractivity contribution is 8.00. The van der Waals surface area contributed by atoms with Crippen LogP contribution < -0.4 is 10.6 Å². The van der Waals surface area contributed by atoms with E-state index in [9.17, 15) is 19.2 Å². The summed E-state index contributed by atoms with van der Waals surface area (Å²) >= 11 is 0.984. The van der Waals surface area contributed by atoms with Crippen molar-refractivity contribution in [3.05, 3.63) is 0 Å². The van der Waals surface area contributed by atoms with Crippen molar-refractivity contribution in [2.45, 2.75) is 19.9 Å². The molecule has 108 valence electrons. The number of carbonyl (C=O) groups excluding carboxylic acids is 3. The van der Waals surface area contributed by atoms with E-state index >= 15 is 0 Å². The van der Waals surface area contributed by atoms with Crippen molar-refractivity contribution in [2.75, 3.05) is 18.1 Å². The number of rotatable bonds is 7. The summed E-state index contributed by atoms with van der Waals surface area (Å²) in [4.78, 5) is 43.6. The molecule has 0 aromatic rings. The molecule has 0 spiro atoms. The van der Waals surface area contributed by atoms with Gasteiger partial charge in [-0.3, -0.25) is 14.9 Å². The smallest absolute Gasteiger partial charge is 0.413 e. The molecule has 3 amide bonds. The molecule has 9 heteroatoms. The summed E-state index contributed by atoms with van der Waals surface area (Å²) in [6.07, 6.45) is -0.843. The van der Waals surface area contributed by atoms with Gasteiger partial charge in [0.2, 0.25) is 11.8 Å². The van der Waals surface area contributed by atoms with Crippen LogP contribution >= 0.6 is 11.8 Å². The molecule has 0 fully saturated rings. The zero-order chi connectivity index (χ0) is 14.8. The lowest BCUT2D eigenvalue weighted by Gasteiger charge is -2.12. The van der Waals surface area contributed by atoms with Gasteiger partial charge in [0.25, 0.3) is 0 Å². The molecule has 0 aliphatic heterocycles. The molecule has 0 heterocycles. The maximum Gasteiger partial charge on any atom is 0.413 e. The number of carboxylic acids is 1. The minimum atomic E-state index is -1.19. The van der Waals surface area contributed by atoms with Gasteiger partial charge in [0, 0.05) is 12.7 Å². The average molecular weight is 292 g/mol. The first-order valence-corrected chi connectivity index (χ1v) is 6.56. The first kappa shape index (κ1) is 17.2. The maximum absolute atomic E-state index is 11.2. The van der Waals surface area contributed by atoms with Crippen LogP contribution in [0.2, 0.25) is 0 Å². The largest absolute Gasteiger partial charge is 0.480 e. The molecule has 19 heavy (non-hydrogen) atoms. The van der Waals surface area contributed by atoms with Crippen LogP contribution in [0.25, 0.3) is 0 Å². The van der Waals surface area contributed by atoms with E-state index in [-0.39, 0.29) is 18.1 Å². The number of amides is 3. The Balaban J connectivity index is 3.98. The highest BCUT2D eigenvalue weighted by Crippen LogP contribution is 2.03. The third-order valence-electron chi connectivity index (χ3n) is 1.71. The zero-order valence-corrected chi connectivity index (χ0v) is 11.4. The van der Waals surface area contributed by atoms with E-state index in [2.05, 4.69) is 10.1 Å². The van der Waals surface area contributed by atoms with Crippen LogP contribution in [0.4, 0.5) is 4.79 Å². The monoisotopic (exact) mass is 292 g/mol. The number of aliphatic carboxylic acids is 1.